The van der Waals surface area contributed by atoms with Crippen molar-refractivity contribution in [2.45, 2.75) is 19.8 Å². The molecular formula is C22H22N2O2S. The van der Waals surface area contributed by atoms with Gasteiger partial charge in [-0.1, -0.05) is 42.5 Å². The van der Waals surface area contributed by atoms with Crippen LogP contribution >= 0.6 is 11.3 Å². The number of esters is 1. The fourth-order valence-electron chi connectivity index (χ4n) is 3.38. The molecule has 0 atom stereocenters. The van der Waals surface area contributed by atoms with Crippen LogP contribution in [0.3, 0.4) is 0 Å². The summed E-state index contributed by atoms with van der Waals surface area (Å²) >= 11 is 1.40. The Balaban J connectivity index is 1.75. The van der Waals surface area contributed by atoms with Gasteiger partial charge in [0.1, 0.15) is 9.88 Å². The molecule has 3 aromatic rings. The molecule has 1 aromatic heterocycles. The molecule has 1 aliphatic rings. The van der Waals surface area contributed by atoms with Crippen LogP contribution < -0.4 is 4.90 Å². The molecule has 0 saturated carbocycles. The zero-order valence-corrected chi connectivity index (χ0v) is 16.2. The van der Waals surface area contributed by atoms with Crippen LogP contribution in [0.15, 0.2) is 54.6 Å². The molecule has 0 radical (unpaired) electrons. The third-order valence-corrected chi connectivity index (χ3v) is 5.78. The molecule has 2 heterocycles. The number of benzene rings is 2. The Bertz CT molecular complexity index is 930. The first-order chi connectivity index (χ1) is 13.3. The van der Waals surface area contributed by atoms with Crippen LogP contribution in [0.2, 0.25) is 0 Å². The topological polar surface area (TPSA) is 42.4 Å². The van der Waals surface area contributed by atoms with Crippen molar-refractivity contribution in [1.29, 1.82) is 0 Å². The third kappa shape index (κ3) is 3.74. The van der Waals surface area contributed by atoms with E-state index in [-0.39, 0.29) is 5.97 Å². The van der Waals surface area contributed by atoms with Crippen LogP contribution in [0.25, 0.3) is 21.8 Å². The van der Waals surface area contributed by atoms with Crippen molar-refractivity contribution in [3.8, 4) is 21.8 Å². The number of anilines is 1. The van der Waals surface area contributed by atoms with Crippen LogP contribution in [0.1, 0.15) is 29.4 Å². The summed E-state index contributed by atoms with van der Waals surface area (Å²) in [6.07, 6.45) is 2.49. The Morgan fingerprint density at radius 1 is 1.07 bits per heavy atom. The number of thiazole rings is 1. The Labute approximate surface area is 163 Å². The lowest BCUT2D eigenvalue weighted by atomic mass is 10.1. The molecular weight excluding hydrogens is 356 g/mol. The van der Waals surface area contributed by atoms with Gasteiger partial charge in [-0.3, -0.25) is 0 Å². The fraction of sp³-hybridized carbons (Fsp3) is 0.273. The second-order valence-corrected chi connectivity index (χ2v) is 7.53. The minimum Gasteiger partial charge on any atom is -0.462 e. The number of carbonyl (C=O) groups is 1. The van der Waals surface area contributed by atoms with Crippen molar-refractivity contribution in [2.75, 3.05) is 24.6 Å². The van der Waals surface area contributed by atoms with Crippen molar-refractivity contribution in [1.82, 2.24) is 4.98 Å². The van der Waals surface area contributed by atoms with Crippen molar-refractivity contribution in [3.05, 3.63) is 59.5 Å². The van der Waals surface area contributed by atoms with Crippen LogP contribution in [0.5, 0.6) is 0 Å². The highest BCUT2D eigenvalue weighted by Gasteiger charge is 2.22. The molecule has 2 aromatic carbocycles. The number of hydrogen-bond acceptors (Lipinski definition) is 5. The van der Waals surface area contributed by atoms with E-state index in [1.807, 2.05) is 37.3 Å². The van der Waals surface area contributed by atoms with Gasteiger partial charge in [0.25, 0.3) is 0 Å². The average Bonchev–Trinajstić information content (AvgIpc) is 3.39. The van der Waals surface area contributed by atoms with Gasteiger partial charge in [0.15, 0.2) is 0 Å². The standard InChI is InChI=1S/C22H22N2O2S/c1-2-26-22(25)20-19(16-9-4-3-5-10-16)23-21(27-20)17-11-8-12-18(15-17)24-13-6-7-14-24/h3-5,8-12,15H,2,6-7,13-14H2,1H3. The molecule has 0 unspecified atom stereocenters. The molecule has 27 heavy (non-hydrogen) atoms. The Morgan fingerprint density at radius 2 is 1.81 bits per heavy atom. The highest BCUT2D eigenvalue weighted by Crippen LogP contribution is 2.36. The average molecular weight is 378 g/mol. The van der Waals surface area contributed by atoms with E-state index in [1.165, 1.54) is 29.9 Å². The van der Waals surface area contributed by atoms with E-state index in [2.05, 4.69) is 29.2 Å². The van der Waals surface area contributed by atoms with Crippen molar-refractivity contribution in [3.63, 3.8) is 0 Å². The summed E-state index contributed by atoms with van der Waals surface area (Å²) in [4.78, 5) is 20.3. The molecule has 0 spiro atoms. The maximum Gasteiger partial charge on any atom is 0.350 e. The minimum atomic E-state index is -0.309. The highest BCUT2D eigenvalue weighted by atomic mass is 32.1. The number of rotatable bonds is 5. The fourth-order valence-corrected chi connectivity index (χ4v) is 4.36. The van der Waals surface area contributed by atoms with Crippen LogP contribution in [-0.2, 0) is 4.74 Å². The second kappa shape index (κ2) is 7.92. The van der Waals surface area contributed by atoms with Crippen molar-refractivity contribution in [2.24, 2.45) is 0 Å². The SMILES string of the molecule is CCOC(=O)c1sc(-c2cccc(N3CCCC3)c2)nc1-c1ccccc1. The summed E-state index contributed by atoms with van der Waals surface area (Å²) in [6.45, 7) is 4.38. The van der Waals surface area contributed by atoms with Gasteiger partial charge in [-0.15, -0.1) is 11.3 Å². The largest absolute Gasteiger partial charge is 0.462 e. The van der Waals surface area contributed by atoms with E-state index < -0.39 is 0 Å². The first-order valence-corrected chi connectivity index (χ1v) is 10.2. The summed E-state index contributed by atoms with van der Waals surface area (Å²) in [5.41, 5.74) is 3.88. The van der Waals surface area contributed by atoms with E-state index >= 15 is 0 Å². The molecule has 138 valence electrons. The predicted molar refractivity (Wildman–Crippen MR) is 110 cm³/mol. The second-order valence-electron chi connectivity index (χ2n) is 6.53. The molecule has 1 saturated heterocycles. The number of ether oxygens (including phenoxy) is 1. The van der Waals surface area contributed by atoms with Crippen molar-refractivity contribution >= 4 is 23.0 Å². The first kappa shape index (κ1) is 17.7. The summed E-state index contributed by atoms with van der Waals surface area (Å²) in [6, 6.07) is 18.3. The molecule has 0 N–H and O–H groups in total. The Hall–Kier alpha value is -2.66. The third-order valence-electron chi connectivity index (χ3n) is 4.70. The maximum atomic E-state index is 12.5. The van der Waals surface area contributed by atoms with Gasteiger partial charge in [0.05, 0.1) is 12.3 Å². The summed E-state index contributed by atoms with van der Waals surface area (Å²) in [7, 11) is 0. The van der Waals surface area contributed by atoms with Crippen LogP contribution in [0, 0.1) is 0 Å². The lowest BCUT2D eigenvalue weighted by molar-refractivity contribution is 0.0532. The zero-order chi connectivity index (χ0) is 18.6. The first-order valence-electron chi connectivity index (χ1n) is 9.35. The summed E-state index contributed by atoms with van der Waals surface area (Å²) in [5.74, 6) is -0.309. The van der Waals surface area contributed by atoms with Gasteiger partial charge in [0, 0.05) is 29.9 Å². The maximum absolute atomic E-state index is 12.5. The van der Waals surface area contributed by atoms with Gasteiger partial charge >= 0.3 is 5.97 Å². The molecule has 0 aliphatic carbocycles. The van der Waals surface area contributed by atoms with E-state index in [9.17, 15) is 4.79 Å². The van der Waals surface area contributed by atoms with Crippen LogP contribution in [0.4, 0.5) is 5.69 Å². The number of nitrogens with zero attached hydrogens (tertiary/aromatic N) is 2. The molecule has 0 bridgehead atoms. The van der Waals surface area contributed by atoms with E-state index in [4.69, 9.17) is 9.72 Å². The van der Waals surface area contributed by atoms with Crippen LogP contribution in [-0.4, -0.2) is 30.6 Å². The van der Waals surface area contributed by atoms with E-state index in [0.29, 0.717) is 17.2 Å². The smallest absolute Gasteiger partial charge is 0.350 e. The summed E-state index contributed by atoms with van der Waals surface area (Å²) < 4.78 is 5.27. The van der Waals surface area contributed by atoms with Gasteiger partial charge in [-0.05, 0) is 31.9 Å². The lowest BCUT2D eigenvalue weighted by Crippen LogP contribution is -2.17. The number of hydrogen-bond donors (Lipinski definition) is 0. The van der Waals surface area contributed by atoms with Gasteiger partial charge < -0.3 is 9.64 Å². The minimum absolute atomic E-state index is 0.309. The molecule has 0 amide bonds. The lowest BCUT2D eigenvalue weighted by Gasteiger charge is -2.17. The van der Waals surface area contributed by atoms with Crippen molar-refractivity contribution < 1.29 is 9.53 Å². The Morgan fingerprint density at radius 3 is 2.56 bits per heavy atom. The molecule has 1 aliphatic heterocycles. The van der Waals surface area contributed by atoms with Gasteiger partial charge in [-0.2, -0.15) is 0 Å². The number of aromatic nitrogens is 1. The molecule has 4 nitrogen and oxygen atoms in total. The van der Waals surface area contributed by atoms with Gasteiger partial charge in [0.2, 0.25) is 0 Å². The van der Waals surface area contributed by atoms with Gasteiger partial charge in [-0.25, -0.2) is 9.78 Å². The monoisotopic (exact) mass is 378 g/mol. The zero-order valence-electron chi connectivity index (χ0n) is 15.4. The molecule has 4 rings (SSSR count). The quantitative estimate of drug-likeness (QED) is 0.569. The van der Waals surface area contributed by atoms with E-state index in [0.717, 1.165) is 29.2 Å². The Kier molecular flexibility index (Phi) is 5.21. The normalized spacial score (nSPS) is 13.7. The highest BCUT2D eigenvalue weighted by molar-refractivity contribution is 7.17. The van der Waals surface area contributed by atoms with E-state index in [1.54, 1.807) is 0 Å². The summed E-state index contributed by atoms with van der Waals surface area (Å²) in [5, 5.41) is 0.845. The molecule has 1 fully saturated rings. The number of carbonyl (C=O) groups excluding carboxylic acids is 1. The predicted octanol–water partition coefficient (Wildman–Crippen LogP) is 5.25. The molecule has 5 heteroatoms.